The minimum atomic E-state index is -4.18. The molecule has 2 aromatic rings. The largest absolute Gasteiger partial charge is 0.391 e. The summed E-state index contributed by atoms with van der Waals surface area (Å²) in [4.78, 5) is 7.83. The standard InChI is InChI=1S/C16H21BrFN5O4S/c1-8-4-10(5-12(18)14(8)28(19,25)26)21-16-20-6-11(17)15(23-16)22-13(7-27-3)9(2)24/h4-6,9,13,24H,7H2,1-3H3,(H2,19,25,26)(H2,20,21,22,23)/t9-,13-/m1/s1. The Labute approximate surface area is 170 Å². The number of aryl methyl sites for hydroxylation is 1. The van der Waals surface area contributed by atoms with E-state index in [1.165, 1.54) is 26.3 Å². The lowest BCUT2D eigenvalue weighted by molar-refractivity contribution is 0.106. The minimum absolute atomic E-state index is 0.134. The number of aliphatic hydroxyl groups is 1. The third kappa shape index (κ3) is 5.58. The number of nitrogens with zero attached hydrogens (tertiary/aromatic N) is 2. The molecule has 1 heterocycles. The first-order valence-electron chi connectivity index (χ1n) is 8.09. The maximum Gasteiger partial charge on any atom is 0.241 e. The van der Waals surface area contributed by atoms with Crippen LogP contribution in [0.3, 0.4) is 0 Å². The fourth-order valence-corrected chi connectivity index (χ4v) is 3.62. The Morgan fingerprint density at radius 3 is 2.64 bits per heavy atom. The number of aromatic nitrogens is 2. The van der Waals surface area contributed by atoms with Crippen molar-refractivity contribution in [1.29, 1.82) is 0 Å². The number of hydrogen-bond acceptors (Lipinski definition) is 8. The molecule has 154 valence electrons. The van der Waals surface area contributed by atoms with E-state index in [9.17, 15) is 17.9 Å². The highest BCUT2D eigenvalue weighted by atomic mass is 79.9. The summed E-state index contributed by atoms with van der Waals surface area (Å²) in [5.74, 6) is -0.455. The predicted octanol–water partition coefficient (Wildman–Crippen LogP) is 1.89. The van der Waals surface area contributed by atoms with Crippen LogP contribution in [0, 0.1) is 12.7 Å². The number of nitrogens with one attached hydrogen (secondary N) is 2. The Morgan fingerprint density at radius 2 is 2.11 bits per heavy atom. The van der Waals surface area contributed by atoms with Gasteiger partial charge in [0.1, 0.15) is 16.5 Å². The fraction of sp³-hybridized carbons (Fsp3) is 0.375. The Morgan fingerprint density at radius 1 is 1.43 bits per heavy atom. The molecule has 1 aromatic carbocycles. The Kier molecular flexibility index (Phi) is 7.28. The van der Waals surface area contributed by atoms with Crippen molar-refractivity contribution in [3.8, 4) is 0 Å². The number of benzene rings is 1. The van der Waals surface area contributed by atoms with Gasteiger partial charge >= 0.3 is 0 Å². The molecule has 0 radical (unpaired) electrons. The second kappa shape index (κ2) is 9.09. The number of anilines is 3. The van der Waals surface area contributed by atoms with Gasteiger partial charge in [-0.3, -0.25) is 0 Å². The molecule has 0 spiro atoms. The van der Waals surface area contributed by atoms with E-state index in [0.717, 1.165) is 6.07 Å². The van der Waals surface area contributed by atoms with Gasteiger partial charge in [0.2, 0.25) is 16.0 Å². The number of sulfonamides is 1. The van der Waals surface area contributed by atoms with E-state index in [1.807, 2.05) is 0 Å². The van der Waals surface area contributed by atoms with Crippen molar-refractivity contribution in [1.82, 2.24) is 9.97 Å². The lowest BCUT2D eigenvalue weighted by atomic mass is 10.2. The average Bonchev–Trinajstić information content (AvgIpc) is 2.55. The van der Waals surface area contributed by atoms with E-state index >= 15 is 0 Å². The highest BCUT2D eigenvalue weighted by Gasteiger charge is 2.20. The van der Waals surface area contributed by atoms with Gasteiger partial charge in [-0.05, 0) is 47.5 Å². The molecule has 28 heavy (non-hydrogen) atoms. The molecular weight excluding hydrogens is 457 g/mol. The quantitative estimate of drug-likeness (QED) is 0.451. The van der Waals surface area contributed by atoms with E-state index < -0.39 is 32.9 Å². The SMILES string of the molecule is COC[C@@H](Nc1nc(Nc2cc(C)c(S(N)(=O)=O)c(F)c2)ncc1Br)[C@@H](C)O. The molecule has 0 aliphatic heterocycles. The molecular formula is C16H21BrFN5O4S. The van der Waals surface area contributed by atoms with Crippen LogP contribution in [0.5, 0.6) is 0 Å². The Balaban J connectivity index is 2.31. The van der Waals surface area contributed by atoms with Crippen LogP contribution in [0.25, 0.3) is 0 Å². The molecule has 2 rings (SSSR count). The molecule has 5 N–H and O–H groups in total. The number of aliphatic hydroxyl groups excluding tert-OH is 1. The molecule has 0 unspecified atom stereocenters. The maximum absolute atomic E-state index is 14.2. The maximum atomic E-state index is 14.2. The third-order valence-corrected chi connectivity index (χ3v) is 5.43. The number of ether oxygens (including phenoxy) is 1. The zero-order valence-corrected chi connectivity index (χ0v) is 17.8. The molecule has 0 amide bonds. The summed E-state index contributed by atoms with van der Waals surface area (Å²) in [7, 11) is -2.66. The summed E-state index contributed by atoms with van der Waals surface area (Å²) in [5.41, 5.74) is 0.398. The van der Waals surface area contributed by atoms with E-state index in [2.05, 4.69) is 36.5 Å². The number of primary sulfonamides is 1. The number of hydrogen-bond donors (Lipinski definition) is 4. The highest BCUT2D eigenvalue weighted by molar-refractivity contribution is 9.10. The molecule has 9 nitrogen and oxygen atoms in total. The molecule has 0 aliphatic carbocycles. The molecule has 0 fully saturated rings. The van der Waals surface area contributed by atoms with Crippen LogP contribution in [0.2, 0.25) is 0 Å². The van der Waals surface area contributed by atoms with Crippen LogP contribution in [0.4, 0.5) is 21.8 Å². The minimum Gasteiger partial charge on any atom is -0.391 e. The van der Waals surface area contributed by atoms with Crippen molar-refractivity contribution in [2.45, 2.75) is 30.9 Å². The van der Waals surface area contributed by atoms with Crippen molar-refractivity contribution in [3.63, 3.8) is 0 Å². The summed E-state index contributed by atoms with van der Waals surface area (Å²) < 4.78 is 42.8. The first-order chi connectivity index (χ1) is 13.0. The topological polar surface area (TPSA) is 139 Å². The van der Waals surface area contributed by atoms with Crippen molar-refractivity contribution < 1.29 is 22.7 Å². The van der Waals surface area contributed by atoms with Crippen molar-refractivity contribution >= 4 is 43.4 Å². The van der Waals surface area contributed by atoms with Crippen LogP contribution in [-0.2, 0) is 14.8 Å². The fourth-order valence-electron chi connectivity index (χ4n) is 2.48. The third-order valence-electron chi connectivity index (χ3n) is 3.76. The van der Waals surface area contributed by atoms with Crippen LogP contribution in [0.15, 0.2) is 27.7 Å². The first-order valence-corrected chi connectivity index (χ1v) is 10.4. The molecule has 0 saturated carbocycles. The van der Waals surface area contributed by atoms with Crippen molar-refractivity contribution in [2.75, 3.05) is 24.4 Å². The molecule has 2 atom stereocenters. The van der Waals surface area contributed by atoms with E-state index in [-0.39, 0.29) is 23.8 Å². The summed E-state index contributed by atoms with van der Waals surface area (Å²) in [6.45, 7) is 3.29. The van der Waals surface area contributed by atoms with Gasteiger partial charge in [0.15, 0.2) is 0 Å². The zero-order chi connectivity index (χ0) is 21.1. The van der Waals surface area contributed by atoms with Gasteiger partial charge in [-0.15, -0.1) is 0 Å². The first kappa shape index (κ1) is 22.4. The summed E-state index contributed by atoms with van der Waals surface area (Å²) in [5, 5.41) is 20.7. The molecule has 0 saturated heterocycles. The van der Waals surface area contributed by atoms with Gasteiger partial charge < -0.3 is 20.5 Å². The Hall–Kier alpha value is -1.86. The summed E-state index contributed by atoms with van der Waals surface area (Å²) in [6.07, 6.45) is 0.770. The van der Waals surface area contributed by atoms with Gasteiger partial charge in [0.25, 0.3) is 0 Å². The number of halogens is 2. The molecule has 0 aliphatic rings. The van der Waals surface area contributed by atoms with Gasteiger partial charge in [0, 0.05) is 19.0 Å². The van der Waals surface area contributed by atoms with Gasteiger partial charge in [-0.1, -0.05) is 0 Å². The van der Waals surface area contributed by atoms with E-state index in [0.29, 0.717) is 10.3 Å². The average molecular weight is 478 g/mol. The predicted molar refractivity (Wildman–Crippen MR) is 106 cm³/mol. The molecule has 12 heteroatoms. The zero-order valence-electron chi connectivity index (χ0n) is 15.4. The van der Waals surface area contributed by atoms with Crippen LogP contribution in [0.1, 0.15) is 12.5 Å². The van der Waals surface area contributed by atoms with E-state index in [1.54, 1.807) is 6.92 Å². The van der Waals surface area contributed by atoms with E-state index in [4.69, 9.17) is 9.88 Å². The lowest BCUT2D eigenvalue weighted by Gasteiger charge is -2.22. The lowest BCUT2D eigenvalue weighted by Crippen LogP contribution is -2.36. The van der Waals surface area contributed by atoms with Crippen LogP contribution >= 0.6 is 15.9 Å². The normalized spacial score (nSPS) is 13.8. The monoisotopic (exact) mass is 477 g/mol. The highest BCUT2D eigenvalue weighted by Crippen LogP contribution is 2.26. The number of nitrogens with two attached hydrogens (primary N) is 1. The summed E-state index contributed by atoms with van der Waals surface area (Å²) in [6, 6.07) is 2.00. The summed E-state index contributed by atoms with van der Waals surface area (Å²) >= 11 is 3.32. The van der Waals surface area contributed by atoms with Gasteiger partial charge in [-0.25, -0.2) is 22.9 Å². The van der Waals surface area contributed by atoms with Crippen LogP contribution in [-0.4, -0.2) is 49.4 Å². The van der Waals surface area contributed by atoms with Gasteiger partial charge in [0.05, 0.1) is 23.2 Å². The molecule has 0 bridgehead atoms. The molecule has 1 aromatic heterocycles. The van der Waals surface area contributed by atoms with Crippen molar-refractivity contribution in [2.24, 2.45) is 5.14 Å². The van der Waals surface area contributed by atoms with Crippen molar-refractivity contribution in [3.05, 3.63) is 34.2 Å². The smallest absolute Gasteiger partial charge is 0.241 e. The number of rotatable bonds is 8. The van der Waals surface area contributed by atoms with Gasteiger partial charge in [-0.2, -0.15) is 4.98 Å². The Bertz CT molecular complexity index is 935. The number of methoxy groups -OCH3 is 1. The second-order valence-corrected chi connectivity index (χ2v) is 8.46. The second-order valence-electron chi connectivity index (χ2n) is 6.11. The van der Waals surface area contributed by atoms with Crippen LogP contribution < -0.4 is 15.8 Å².